The van der Waals surface area contributed by atoms with Crippen LogP contribution in [0.15, 0.2) is 12.1 Å². The van der Waals surface area contributed by atoms with Crippen molar-refractivity contribution in [3.8, 4) is 5.75 Å². The number of hydrogen-bond donors (Lipinski definition) is 1. The zero-order chi connectivity index (χ0) is 20.6. The van der Waals surface area contributed by atoms with Crippen molar-refractivity contribution in [1.29, 1.82) is 0 Å². The van der Waals surface area contributed by atoms with Crippen LogP contribution in [0.2, 0.25) is 5.02 Å². The summed E-state index contributed by atoms with van der Waals surface area (Å²) in [5.41, 5.74) is -0.408. The zero-order valence-electron chi connectivity index (χ0n) is 16.2. The number of fused-ring (bicyclic) bond motifs is 1. The van der Waals surface area contributed by atoms with E-state index in [9.17, 15) is 17.6 Å². The van der Waals surface area contributed by atoms with Gasteiger partial charge < -0.3 is 4.74 Å². The van der Waals surface area contributed by atoms with Crippen molar-refractivity contribution in [2.75, 3.05) is 13.2 Å². The van der Waals surface area contributed by atoms with Gasteiger partial charge in [0, 0.05) is 18.7 Å². The molecule has 3 aliphatic rings. The molecule has 0 unspecified atom stereocenters. The Hall–Kier alpha value is -1.38. The van der Waals surface area contributed by atoms with Crippen molar-refractivity contribution in [3.05, 3.63) is 28.5 Å². The van der Waals surface area contributed by atoms with E-state index in [0.717, 1.165) is 50.7 Å². The predicted octanol–water partition coefficient (Wildman–Crippen LogP) is 3.90. The Kier molecular flexibility index (Phi) is 6.04. The quantitative estimate of drug-likeness (QED) is 0.722. The van der Waals surface area contributed by atoms with Crippen molar-refractivity contribution >= 4 is 27.7 Å². The van der Waals surface area contributed by atoms with Gasteiger partial charge in [-0.25, -0.2) is 9.11 Å². The van der Waals surface area contributed by atoms with Crippen LogP contribution in [0.3, 0.4) is 0 Å². The van der Waals surface area contributed by atoms with Crippen LogP contribution in [0, 0.1) is 17.7 Å². The minimum absolute atomic E-state index is 0.0694. The largest absolute Gasteiger partial charge is 0.492 e. The number of nitrogens with one attached hydrogen (secondary N) is 1. The molecule has 4 rings (SSSR count). The van der Waals surface area contributed by atoms with E-state index in [0.29, 0.717) is 25.0 Å². The van der Waals surface area contributed by atoms with E-state index in [1.807, 2.05) is 4.72 Å². The summed E-state index contributed by atoms with van der Waals surface area (Å²) in [4.78, 5) is 12.5. The number of amides is 1. The van der Waals surface area contributed by atoms with Crippen LogP contribution < -0.4 is 9.46 Å². The summed E-state index contributed by atoms with van der Waals surface area (Å²) in [6.07, 6.45) is 8.09. The van der Waals surface area contributed by atoms with E-state index in [4.69, 9.17) is 16.3 Å². The average Bonchev–Trinajstić information content (AvgIpc) is 3.39. The van der Waals surface area contributed by atoms with Gasteiger partial charge in [0.2, 0.25) is 0 Å². The summed E-state index contributed by atoms with van der Waals surface area (Å²) in [7, 11) is -4.03. The van der Waals surface area contributed by atoms with Gasteiger partial charge in [-0.3, -0.25) is 4.79 Å². The van der Waals surface area contributed by atoms with Crippen LogP contribution in [0.5, 0.6) is 5.75 Å². The van der Waals surface area contributed by atoms with E-state index in [1.54, 1.807) is 0 Å². The second-order valence-corrected chi connectivity index (χ2v) is 10.3. The van der Waals surface area contributed by atoms with Crippen molar-refractivity contribution in [2.24, 2.45) is 11.8 Å². The summed E-state index contributed by atoms with van der Waals surface area (Å²) < 4.78 is 48.9. The fourth-order valence-corrected chi connectivity index (χ4v) is 6.58. The minimum atomic E-state index is -4.03. The Morgan fingerprint density at radius 2 is 1.93 bits per heavy atom. The molecule has 2 saturated carbocycles. The molecule has 3 fully saturated rings. The van der Waals surface area contributed by atoms with Gasteiger partial charge in [0.1, 0.15) is 11.6 Å². The Bertz CT molecular complexity index is 889. The lowest BCUT2D eigenvalue weighted by Gasteiger charge is -2.23. The van der Waals surface area contributed by atoms with Gasteiger partial charge in [-0.1, -0.05) is 30.9 Å². The number of rotatable bonds is 6. The molecular weight excluding hydrogens is 419 g/mol. The fraction of sp³-hybridized carbons (Fsp3) is 0.650. The van der Waals surface area contributed by atoms with Gasteiger partial charge in [-0.05, 0) is 50.0 Å². The maximum Gasteiger partial charge on any atom is 0.304 e. The van der Waals surface area contributed by atoms with E-state index >= 15 is 0 Å². The highest BCUT2D eigenvalue weighted by Crippen LogP contribution is 2.39. The molecule has 1 amide bonds. The van der Waals surface area contributed by atoms with Crippen molar-refractivity contribution in [2.45, 2.75) is 57.4 Å². The van der Waals surface area contributed by atoms with Crippen LogP contribution in [-0.4, -0.2) is 37.8 Å². The highest BCUT2D eigenvalue weighted by molar-refractivity contribution is 7.87. The predicted molar refractivity (Wildman–Crippen MR) is 108 cm³/mol. The molecule has 2 aliphatic carbocycles. The first-order valence-corrected chi connectivity index (χ1v) is 12.1. The first-order chi connectivity index (χ1) is 13.8. The van der Waals surface area contributed by atoms with Crippen molar-refractivity contribution < 1.29 is 22.3 Å². The molecule has 1 saturated heterocycles. The number of ether oxygens (including phenoxy) is 1. The summed E-state index contributed by atoms with van der Waals surface area (Å²) in [6, 6.07) is 2.12. The van der Waals surface area contributed by atoms with Gasteiger partial charge in [0.15, 0.2) is 0 Å². The third kappa shape index (κ3) is 4.39. The molecule has 160 valence electrons. The molecule has 1 aliphatic heterocycles. The lowest BCUT2D eigenvalue weighted by atomic mass is 10.1. The van der Waals surface area contributed by atoms with E-state index < -0.39 is 27.5 Å². The average molecular weight is 445 g/mol. The summed E-state index contributed by atoms with van der Waals surface area (Å²) >= 11 is 6.17. The normalized spacial score (nSPS) is 25.3. The maximum atomic E-state index is 14.5. The number of carbonyl (C=O) groups excluding carboxylic acids is 1. The van der Waals surface area contributed by atoms with Gasteiger partial charge in [0.25, 0.3) is 5.91 Å². The standard InChI is InChI=1S/C20H26ClFN2O4S/c21-16-10-15(17(22)11-19(16)28-12-13-4-1-2-5-13)20(25)23-29(26,27)24-9-8-14-6-3-7-18(14)24/h10-11,13-14,18H,1-9,12H2,(H,23,25)/t14-,18+/m0/s1. The highest BCUT2D eigenvalue weighted by Gasteiger charge is 2.43. The van der Waals surface area contributed by atoms with Gasteiger partial charge in [-0.2, -0.15) is 12.7 Å². The van der Waals surface area contributed by atoms with Crippen molar-refractivity contribution in [3.63, 3.8) is 0 Å². The number of hydrogen-bond acceptors (Lipinski definition) is 4. The molecule has 1 aromatic rings. The molecule has 29 heavy (non-hydrogen) atoms. The minimum Gasteiger partial charge on any atom is -0.492 e. The smallest absolute Gasteiger partial charge is 0.304 e. The van der Waals surface area contributed by atoms with Crippen LogP contribution in [0.1, 0.15) is 61.7 Å². The van der Waals surface area contributed by atoms with Gasteiger partial charge in [0.05, 0.1) is 17.2 Å². The van der Waals surface area contributed by atoms with Crippen LogP contribution in [0.25, 0.3) is 0 Å². The number of benzene rings is 1. The van der Waals surface area contributed by atoms with Crippen LogP contribution in [-0.2, 0) is 10.2 Å². The monoisotopic (exact) mass is 444 g/mol. The van der Waals surface area contributed by atoms with Crippen LogP contribution >= 0.6 is 11.6 Å². The second kappa shape index (κ2) is 8.40. The lowest BCUT2D eigenvalue weighted by Crippen LogP contribution is -2.46. The SMILES string of the molecule is O=C(NS(=O)(=O)N1CC[C@@H]2CCC[C@H]21)c1cc(Cl)c(OCC2CCCC2)cc1F. The van der Waals surface area contributed by atoms with Gasteiger partial charge in [-0.15, -0.1) is 0 Å². The highest BCUT2D eigenvalue weighted by atomic mass is 35.5. The Balaban J connectivity index is 1.44. The topological polar surface area (TPSA) is 75.7 Å². The van der Waals surface area contributed by atoms with Crippen molar-refractivity contribution in [1.82, 2.24) is 9.03 Å². The third-order valence-corrected chi connectivity index (χ3v) is 8.26. The molecule has 1 heterocycles. The fourth-order valence-electron chi connectivity index (χ4n) is 4.92. The van der Waals surface area contributed by atoms with Crippen LogP contribution in [0.4, 0.5) is 4.39 Å². The Morgan fingerprint density at radius 3 is 2.69 bits per heavy atom. The number of nitrogens with zero attached hydrogens (tertiary/aromatic N) is 1. The molecule has 0 aromatic heterocycles. The molecule has 6 nitrogen and oxygen atoms in total. The maximum absolute atomic E-state index is 14.5. The molecule has 1 N–H and O–H groups in total. The molecule has 9 heteroatoms. The van der Waals surface area contributed by atoms with E-state index in [-0.39, 0.29) is 16.8 Å². The number of halogens is 2. The summed E-state index contributed by atoms with van der Waals surface area (Å²) in [5.74, 6) is -0.924. The lowest BCUT2D eigenvalue weighted by molar-refractivity contribution is 0.0974. The summed E-state index contributed by atoms with van der Waals surface area (Å²) in [5, 5.41) is 0.0870. The summed E-state index contributed by atoms with van der Waals surface area (Å²) in [6.45, 7) is 0.839. The number of carbonyl (C=O) groups is 1. The molecule has 0 radical (unpaired) electrons. The molecular formula is C20H26ClFN2O4S. The Morgan fingerprint density at radius 1 is 1.17 bits per heavy atom. The van der Waals surface area contributed by atoms with E-state index in [1.165, 1.54) is 17.1 Å². The molecule has 1 aromatic carbocycles. The van der Waals surface area contributed by atoms with E-state index in [2.05, 4.69) is 0 Å². The zero-order valence-corrected chi connectivity index (χ0v) is 17.8. The molecule has 0 spiro atoms. The molecule has 0 bridgehead atoms. The Labute approximate surface area is 175 Å². The molecule has 2 atom stereocenters. The third-order valence-electron chi connectivity index (χ3n) is 6.46. The second-order valence-electron chi connectivity index (χ2n) is 8.32. The first-order valence-electron chi connectivity index (χ1n) is 10.3. The van der Waals surface area contributed by atoms with Gasteiger partial charge >= 0.3 is 10.2 Å². The first kappa shape index (κ1) is 20.9.